The molecule has 18 heavy (non-hydrogen) atoms. The molecule has 2 rings (SSSR count). The van der Waals surface area contributed by atoms with E-state index >= 15 is 0 Å². The van der Waals surface area contributed by atoms with Crippen LogP contribution in [-0.4, -0.2) is 23.9 Å². The van der Waals surface area contributed by atoms with Crippen molar-refractivity contribution in [1.29, 1.82) is 0 Å². The Balaban J connectivity index is 2.28. The second-order valence-corrected chi connectivity index (χ2v) is 5.66. The summed E-state index contributed by atoms with van der Waals surface area (Å²) >= 11 is 3.07. The van der Waals surface area contributed by atoms with E-state index in [4.69, 9.17) is 0 Å². The summed E-state index contributed by atoms with van der Waals surface area (Å²) in [6, 6.07) is 2.35. The van der Waals surface area contributed by atoms with Gasteiger partial charge in [-0.15, -0.1) is 0 Å². The summed E-state index contributed by atoms with van der Waals surface area (Å²) in [6.07, 6.45) is 1.98. The fourth-order valence-electron chi connectivity index (χ4n) is 2.26. The van der Waals surface area contributed by atoms with E-state index < -0.39 is 17.5 Å². The molecule has 1 fully saturated rings. The quantitative estimate of drug-likeness (QED) is 0.725. The number of hydrogen-bond donors (Lipinski definition) is 0. The summed E-state index contributed by atoms with van der Waals surface area (Å²) in [5.41, 5.74) is -0.198. The molecule has 1 saturated heterocycles. The van der Waals surface area contributed by atoms with Crippen molar-refractivity contribution in [3.63, 3.8) is 0 Å². The number of hydrogen-bond acceptors (Lipinski definition) is 1. The number of amides is 1. The van der Waals surface area contributed by atoms with Gasteiger partial charge in [0.1, 0.15) is 0 Å². The Bertz CT molecular complexity index is 478. The van der Waals surface area contributed by atoms with Crippen molar-refractivity contribution in [1.82, 2.24) is 4.90 Å². The number of halogens is 3. The molecule has 1 atom stereocenters. The van der Waals surface area contributed by atoms with Gasteiger partial charge in [-0.2, -0.15) is 0 Å². The summed E-state index contributed by atoms with van der Waals surface area (Å²) in [4.78, 5) is 13.8. The van der Waals surface area contributed by atoms with Crippen LogP contribution in [0.15, 0.2) is 16.6 Å². The minimum atomic E-state index is -1.07. The summed E-state index contributed by atoms with van der Waals surface area (Å²) in [6.45, 7) is 3.26. The van der Waals surface area contributed by atoms with Crippen molar-refractivity contribution >= 4 is 21.8 Å². The van der Waals surface area contributed by atoms with E-state index in [2.05, 4.69) is 22.9 Å². The van der Waals surface area contributed by atoms with Gasteiger partial charge in [-0.25, -0.2) is 8.78 Å². The second kappa shape index (κ2) is 5.34. The first-order valence-electron chi connectivity index (χ1n) is 5.93. The van der Waals surface area contributed by atoms with E-state index in [1.54, 1.807) is 4.90 Å². The van der Waals surface area contributed by atoms with Crippen LogP contribution in [0.1, 0.15) is 30.1 Å². The van der Waals surface area contributed by atoms with Crippen molar-refractivity contribution in [2.24, 2.45) is 5.92 Å². The molecule has 0 aromatic heterocycles. The molecule has 98 valence electrons. The number of likely N-dealkylation sites (tertiary alicyclic amines) is 1. The topological polar surface area (TPSA) is 20.3 Å². The fourth-order valence-corrected chi connectivity index (χ4v) is 2.69. The Labute approximate surface area is 113 Å². The van der Waals surface area contributed by atoms with Gasteiger partial charge in [0, 0.05) is 17.6 Å². The molecule has 0 N–H and O–H groups in total. The number of nitrogens with zero attached hydrogens (tertiary/aromatic N) is 1. The zero-order valence-corrected chi connectivity index (χ0v) is 11.6. The van der Waals surface area contributed by atoms with Gasteiger partial charge in [0.15, 0.2) is 11.6 Å². The maximum absolute atomic E-state index is 13.6. The van der Waals surface area contributed by atoms with Crippen molar-refractivity contribution < 1.29 is 13.6 Å². The minimum absolute atomic E-state index is 0.198. The van der Waals surface area contributed by atoms with Crippen molar-refractivity contribution in [3.05, 3.63) is 33.8 Å². The SMILES string of the molecule is CC1CCCN(C(=O)c2cc(Br)cc(F)c2F)C1. The average molecular weight is 318 g/mol. The van der Waals surface area contributed by atoms with Crippen LogP contribution in [0, 0.1) is 17.6 Å². The maximum Gasteiger partial charge on any atom is 0.256 e. The molecular formula is C13H14BrF2NO. The Morgan fingerprint density at radius 3 is 2.83 bits per heavy atom. The van der Waals surface area contributed by atoms with Crippen LogP contribution in [0.2, 0.25) is 0 Å². The second-order valence-electron chi connectivity index (χ2n) is 4.75. The Kier molecular flexibility index (Phi) is 4.00. The smallest absolute Gasteiger partial charge is 0.256 e. The summed E-state index contributed by atoms with van der Waals surface area (Å²) in [5.74, 6) is -2.10. The Morgan fingerprint density at radius 2 is 2.17 bits per heavy atom. The van der Waals surface area contributed by atoms with Crippen LogP contribution < -0.4 is 0 Å². The van der Waals surface area contributed by atoms with E-state index in [1.165, 1.54) is 6.07 Å². The lowest BCUT2D eigenvalue weighted by Crippen LogP contribution is -2.39. The zero-order valence-electron chi connectivity index (χ0n) is 10.0. The number of carbonyl (C=O) groups excluding carboxylic acids is 1. The molecule has 0 bridgehead atoms. The highest BCUT2D eigenvalue weighted by Gasteiger charge is 2.25. The predicted octanol–water partition coefficient (Wildman–Crippen LogP) is 3.60. The van der Waals surface area contributed by atoms with Gasteiger partial charge in [-0.3, -0.25) is 4.79 Å². The molecule has 1 aromatic carbocycles. The first kappa shape index (κ1) is 13.5. The van der Waals surface area contributed by atoms with Gasteiger partial charge >= 0.3 is 0 Å². The maximum atomic E-state index is 13.6. The first-order chi connectivity index (χ1) is 8.49. The molecule has 0 saturated carbocycles. The lowest BCUT2D eigenvalue weighted by Gasteiger charge is -2.31. The molecular weight excluding hydrogens is 304 g/mol. The van der Waals surface area contributed by atoms with E-state index in [0.29, 0.717) is 23.5 Å². The summed E-state index contributed by atoms with van der Waals surface area (Å²) in [7, 11) is 0. The molecule has 1 amide bonds. The molecule has 1 unspecified atom stereocenters. The lowest BCUT2D eigenvalue weighted by molar-refractivity contribution is 0.0677. The number of carbonyl (C=O) groups is 1. The van der Waals surface area contributed by atoms with Gasteiger partial charge in [-0.1, -0.05) is 22.9 Å². The molecule has 0 radical (unpaired) electrons. The summed E-state index contributed by atoms with van der Waals surface area (Å²) in [5, 5.41) is 0. The highest BCUT2D eigenvalue weighted by atomic mass is 79.9. The largest absolute Gasteiger partial charge is 0.338 e. The highest BCUT2D eigenvalue weighted by molar-refractivity contribution is 9.10. The van der Waals surface area contributed by atoms with E-state index in [-0.39, 0.29) is 5.56 Å². The molecule has 1 aliphatic heterocycles. The van der Waals surface area contributed by atoms with E-state index in [9.17, 15) is 13.6 Å². The molecule has 0 spiro atoms. The van der Waals surface area contributed by atoms with Crippen LogP contribution in [0.25, 0.3) is 0 Å². The van der Waals surface area contributed by atoms with Gasteiger partial charge in [-0.05, 0) is 30.9 Å². The molecule has 1 aromatic rings. The van der Waals surface area contributed by atoms with Crippen molar-refractivity contribution in [3.8, 4) is 0 Å². The average Bonchev–Trinajstić information content (AvgIpc) is 2.33. The van der Waals surface area contributed by atoms with Crippen molar-refractivity contribution in [2.45, 2.75) is 19.8 Å². The molecule has 1 heterocycles. The number of piperidine rings is 1. The minimum Gasteiger partial charge on any atom is -0.338 e. The first-order valence-corrected chi connectivity index (χ1v) is 6.72. The van der Waals surface area contributed by atoms with Gasteiger partial charge in [0.25, 0.3) is 5.91 Å². The third-order valence-corrected chi connectivity index (χ3v) is 3.63. The highest BCUT2D eigenvalue weighted by Crippen LogP contribution is 2.23. The van der Waals surface area contributed by atoms with Gasteiger partial charge < -0.3 is 4.90 Å². The zero-order chi connectivity index (χ0) is 13.3. The number of benzene rings is 1. The normalized spacial score (nSPS) is 20.0. The monoisotopic (exact) mass is 317 g/mol. The van der Waals surface area contributed by atoms with E-state index in [0.717, 1.165) is 18.9 Å². The molecule has 2 nitrogen and oxygen atoms in total. The fraction of sp³-hybridized carbons (Fsp3) is 0.462. The number of rotatable bonds is 1. The van der Waals surface area contributed by atoms with Gasteiger partial charge in [0.05, 0.1) is 5.56 Å². The molecule has 5 heteroatoms. The van der Waals surface area contributed by atoms with Gasteiger partial charge in [0.2, 0.25) is 0 Å². The van der Waals surface area contributed by atoms with Crippen LogP contribution >= 0.6 is 15.9 Å². The van der Waals surface area contributed by atoms with Crippen LogP contribution in [0.4, 0.5) is 8.78 Å². The molecule has 0 aliphatic carbocycles. The third kappa shape index (κ3) is 2.71. The van der Waals surface area contributed by atoms with Crippen LogP contribution in [0.3, 0.4) is 0 Å². The Morgan fingerprint density at radius 1 is 1.44 bits per heavy atom. The standard InChI is InChI=1S/C13H14BrF2NO/c1-8-3-2-4-17(7-8)13(18)10-5-9(14)6-11(15)12(10)16/h5-6,8H,2-4,7H2,1H3. The Hall–Kier alpha value is -0.970. The molecule has 1 aliphatic rings. The lowest BCUT2D eigenvalue weighted by atomic mass is 9.99. The van der Waals surface area contributed by atoms with Crippen molar-refractivity contribution in [2.75, 3.05) is 13.1 Å². The van der Waals surface area contributed by atoms with E-state index in [1.807, 2.05) is 0 Å². The predicted molar refractivity (Wildman–Crippen MR) is 68.4 cm³/mol. The van der Waals surface area contributed by atoms with Crippen LogP contribution in [0.5, 0.6) is 0 Å². The third-order valence-electron chi connectivity index (χ3n) is 3.17. The van der Waals surface area contributed by atoms with Crippen LogP contribution in [-0.2, 0) is 0 Å². The summed E-state index contributed by atoms with van der Waals surface area (Å²) < 4.78 is 27.3.